The lowest BCUT2D eigenvalue weighted by Gasteiger charge is -2.09. The van der Waals surface area contributed by atoms with Gasteiger partial charge in [0.2, 0.25) is 5.91 Å². The number of nitrogens with zero attached hydrogens (tertiary/aromatic N) is 1. The number of carbonyl (C=O) groups excluding carboxylic acids is 1. The first kappa shape index (κ1) is 43.0. The Morgan fingerprint density at radius 1 is 0.650 bits per heavy atom. The van der Waals surface area contributed by atoms with E-state index in [0.717, 1.165) is 0 Å². The minimum atomic E-state index is -1.15. The van der Waals surface area contributed by atoms with Crippen LogP contribution in [-0.2, 0) is 28.8 Å². The third-order valence-electron chi connectivity index (χ3n) is 4.47. The Labute approximate surface area is 231 Å². The molecule has 19 heteroatoms. The van der Waals surface area contributed by atoms with Crippen LogP contribution in [0, 0.1) is 0 Å². The number of aliphatic imine (C=N–C) groups is 1. The van der Waals surface area contributed by atoms with Crippen molar-refractivity contribution in [2.24, 2.45) is 22.2 Å². The van der Waals surface area contributed by atoms with Gasteiger partial charge >= 0.3 is 29.8 Å². The molecule has 19 nitrogen and oxygen atoms in total. The van der Waals surface area contributed by atoms with Gasteiger partial charge in [-0.2, -0.15) is 0 Å². The summed E-state index contributed by atoms with van der Waals surface area (Å²) in [7, 11) is 6.08. The summed E-state index contributed by atoms with van der Waals surface area (Å²) < 4.78 is 0. The molecule has 1 amide bonds. The van der Waals surface area contributed by atoms with Crippen LogP contribution >= 0.6 is 0 Å². The van der Waals surface area contributed by atoms with Crippen molar-refractivity contribution < 1.29 is 54.3 Å². The Balaban J connectivity index is -0.000000221. The van der Waals surface area contributed by atoms with Crippen molar-refractivity contribution in [3.05, 3.63) is 0 Å². The molecule has 4 atom stereocenters. The predicted octanol–water partition coefficient (Wildman–Crippen LogP) is -3.94. The molecule has 0 aliphatic rings. The number of guanidine groups is 1. The largest absolute Gasteiger partial charge is 0.481 e. The molecule has 0 spiro atoms. The topological polar surface area (TPSA) is 342 Å². The lowest BCUT2D eigenvalue weighted by molar-refractivity contribution is -0.145. The SMILES string of the molecule is CN[C@@H](C)C(=O)O.CN[C@@H](CC(=O)O)C(=O)O.CN[C@@H](CC(N)=O)C(=O)O.CN[C@@H](CCCN=C(N)N)C(=O)O. The molecular weight excluding hydrogens is 540 g/mol. The highest BCUT2D eigenvalue weighted by molar-refractivity contribution is 5.83. The molecule has 0 radical (unpaired) electrons. The molecule has 0 aliphatic heterocycles. The molecule has 234 valence electrons. The monoisotopic (exact) mass is 584 g/mol. The number of aliphatic carboxylic acids is 5. The summed E-state index contributed by atoms with van der Waals surface area (Å²) in [5, 5.41) is 51.6. The number of carboxylic acids is 5. The summed E-state index contributed by atoms with van der Waals surface area (Å²) in [6.07, 6.45) is 0.593. The molecule has 0 bridgehead atoms. The van der Waals surface area contributed by atoms with E-state index < -0.39 is 66.3 Å². The van der Waals surface area contributed by atoms with Gasteiger partial charge in [-0.15, -0.1) is 0 Å². The van der Waals surface area contributed by atoms with Crippen LogP contribution in [-0.4, -0.2) is 126 Å². The van der Waals surface area contributed by atoms with Crippen molar-refractivity contribution in [2.45, 2.75) is 56.8 Å². The highest BCUT2D eigenvalue weighted by Gasteiger charge is 2.18. The van der Waals surface area contributed by atoms with Gasteiger partial charge in [0.25, 0.3) is 0 Å². The predicted molar refractivity (Wildman–Crippen MR) is 144 cm³/mol. The van der Waals surface area contributed by atoms with E-state index in [1.807, 2.05) is 0 Å². The van der Waals surface area contributed by atoms with E-state index in [-0.39, 0.29) is 12.4 Å². The Hall–Kier alpha value is -4.07. The summed E-state index contributed by atoms with van der Waals surface area (Å²) in [5.41, 5.74) is 15.0. The van der Waals surface area contributed by atoms with E-state index in [0.29, 0.717) is 19.4 Å². The van der Waals surface area contributed by atoms with E-state index in [9.17, 15) is 28.8 Å². The Morgan fingerprint density at radius 2 is 1.05 bits per heavy atom. The zero-order chi connectivity index (χ0) is 32.4. The van der Waals surface area contributed by atoms with Crippen molar-refractivity contribution in [1.29, 1.82) is 0 Å². The second-order valence-electron chi connectivity index (χ2n) is 7.60. The number of nitrogens with two attached hydrogens (primary N) is 3. The molecule has 0 aromatic rings. The molecule has 0 saturated heterocycles. The molecule has 0 rings (SSSR count). The van der Waals surface area contributed by atoms with Gasteiger partial charge in [0.05, 0.1) is 12.8 Å². The lowest BCUT2D eigenvalue weighted by Crippen LogP contribution is -2.37. The molecule has 0 unspecified atom stereocenters. The molecule has 0 aromatic heterocycles. The van der Waals surface area contributed by atoms with Crippen molar-refractivity contribution in [3.63, 3.8) is 0 Å². The van der Waals surface area contributed by atoms with E-state index in [4.69, 9.17) is 42.7 Å². The number of amides is 1. The second-order valence-corrected chi connectivity index (χ2v) is 7.60. The highest BCUT2D eigenvalue weighted by atomic mass is 16.4. The smallest absolute Gasteiger partial charge is 0.321 e. The summed E-state index contributed by atoms with van der Waals surface area (Å²) in [6, 6.07) is -2.80. The standard InChI is InChI=1S/C7H16N4O2.C5H10N2O3.C5H9NO4.C4H9NO2/c1-10-5(6(12)13)3-2-4-11-7(8)9;1-7-3(5(9)10)2-4(6)8;1-6-3(5(9)10)2-4(7)8;1-3(5-2)4(6)7/h5,10H,2-4H2,1H3,(H,12,13)(H4,8,9,11);3,7H,2H2,1H3,(H2,6,8)(H,9,10);3,6H,2H2,1H3,(H,7,8)(H,9,10);3,5H,1-2H3,(H,6,7)/t5-;3*3-/m0000/s1. The number of likely N-dealkylation sites (N-methyl/N-ethyl adjacent to an activating group) is 4. The van der Waals surface area contributed by atoms with E-state index in [1.54, 1.807) is 21.0 Å². The number of hydrogen-bond donors (Lipinski definition) is 12. The average Bonchev–Trinajstić information content (AvgIpc) is 2.85. The van der Waals surface area contributed by atoms with Gasteiger partial charge in [-0.05, 0) is 48.0 Å². The van der Waals surface area contributed by atoms with Gasteiger partial charge in [0.1, 0.15) is 24.2 Å². The average molecular weight is 585 g/mol. The van der Waals surface area contributed by atoms with Crippen LogP contribution in [0.3, 0.4) is 0 Å². The molecular formula is C21H44N8O11. The number of nitrogens with one attached hydrogen (secondary N) is 4. The Morgan fingerprint density at radius 3 is 1.23 bits per heavy atom. The van der Waals surface area contributed by atoms with Crippen LogP contribution in [0.25, 0.3) is 0 Å². The Bertz CT molecular complexity index is 773. The maximum atomic E-state index is 10.5. The van der Waals surface area contributed by atoms with Crippen molar-refractivity contribution >= 4 is 41.7 Å². The minimum Gasteiger partial charge on any atom is -0.481 e. The number of carbonyl (C=O) groups is 6. The quantitative estimate of drug-likeness (QED) is 0.0467. The van der Waals surface area contributed by atoms with Crippen LogP contribution < -0.4 is 38.5 Å². The fourth-order valence-electron chi connectivity index (χ4n) is 2.02. The first-order valence-corrected chi connectivity index (χ1v) is 11.6. The third-order valence-corrected chi connectivity index (χ3v) is 4.47. The Kier molecular flexibility index (Phi) is 28.5. The van der Waals surface area contributed by atoms with Gasteiger partial charge < -0.3 is 64.0 Å². The molecule has 0 heterocycles. The lowest BCUT2D eigenvalue weighted by atomic mass is 10.1. The van der Waals surface area contributed by atoms with Gasteiger partial charge in [0, 0.05) is 6.54 Å². The van der Waals surface area contributed by atoms with E-state index >= 15 is 0 Å². The minimum absolute atomic E-state index is 0.0383. The highest BCUT2D eigenvalue weighted by Crippen LogP contribution is 1.97. The molecule has 40 heavy (non-hydrogen) atoms. The van der Waals surface area contributed by atoms with Gasteiger partial charge in [-0.25, -0.2) is 0 Å². The maximum absolute atomic E-state index is 10.5. The number of hydrogen-bond acceptors (Lipinski definition) is 11. The fourth-order valence-corrected chi connectivity index (χ4v) is 2.02. The molecule has 0 aliphatic carbocycles. The van der Waals surface area contributed by atoms with Crippen LogP contribution in [0.4, 0.5) is 0 Å². The van der Waals surface area contributed by atoms with Gasteiger partial charge in [-0.3, -0.25) is 33.8 Å². The normalized spacial score (nSPS) is 12.5. The summed E-state index contributed by atoms with van der Waals surface area (Å²) in [5.74, 6) is -5.60. The zero-order valence-electron chi connectivity index (χ0n) is 23.2. The van der Waals surface area contributed by atoms with Crippen LogP contribution in [0.2, 0.25) is 0 Å². The summed E-state index contributed by atoms with van der Waals surface area (Å²) in [6.45, 7) is 2.05. The first-order chi connectivity index (χ1) is 18.4. The molecule has 0 fully saturated rings. The molecule has 0 saturated carbocycles. The third kappa shape index (κ3) is 30.2. The molecule has 0 aromatic carbocycles. The second kappa shape index (κ2) is 26.5. The van der Waals surface area contributed by atoms with Crippen molar-refractivity contribution in [2.75, 3.05) is 34.7 Å². The van der Waals surface area contributed by atoms with E-state index in [1.165, 1.54) is 14.1 Å². The zero-order valence-corrected chi connectivity index (χ0v) is 23.2. The van der Waals surface area contributed by atoms with Crippen LogP contribution in [0.15, 0.2) is 4.99 Å². The fraction of sp³-hybridized carbons (Fsp3) is 0.667. The number of rotatable bonds is 16. The van der Waals surface area contributed by atoms with Crippen LogP contribution in [0.1, 0.15) is 32.6 Å². The molecule has 15 N–H and O–H groups in total. The van der Waals surface area contributed by atoms with Gasteiger partial charge in [0.15, 0.2) is 5.96 Å². The maximum Gasteiger partial charge on any atom is 0.321 e. The van der Waals surface area contributed by atoms with Crippen molar-refractivity contribution in [1.82, 2.24) is 21.3 Å². The first-order valence-electron chi connectivity index (χ1n) is 11.6. The number of carboxylic acid groups (broad SMARTS) is 5. The summed E-state index contributed by atoms with van der Waals surface area (Å²) >= 11 is 0. The van der Waals surface area contributed by atoms with Crippen LogP contribution in [0.5, 0.6) is 0 Å². The van der Waals surface area contributed by atoms with Gasteiger partial charge in [-0.1, -0.05) is 0 Å². The van der Waals surface area contributed by atoms with Crippen molar-refractivity contribution in [3.8, 4) is 0 Å². The number of primary amides is 1. The summed E-state index contributed by atoms with van der Waals surface area (Å²) in [4.78, 5) is 64.6. The van der Waals surface area contributed by atoms with E-state index in [2.05, 4.69) is 26.3 Å².